The van der Waals surface area contributed by atoms with Gasteiger partial charge in [0.2, 0.25) is 0 Å². The zero-order chi connectivity index (χ0) is 13.2. The highest BCUT2D eigenvalue weighted by atomic mass is 16.5. The Morgan fingerprint density at radius 1 is 1.11 bits per heavy atom. The molecule has 0 radical (unpaired) electrons. The molecule has 19 heavy (non-hydrogen) atoms. The van der Waals surface area contributed by atoms with E-state index in [4.69, 9.17) is 10.5 Å². The molecule has 0 aliphatic carbocycles. The molecule has 3 N–H and O–H groups in total. The van der Waals surface area contributed by atoms with Crippen LogP contribution in [-0.4, -0.2) is 4.98 Å². The standard InChI is InChI=1S/C16H16N2O/c1-11-5-2-3-8-15(11)19-10-13-9-12-6-4-7-14(17)16(12)18-13/h2-9,18H,10,17H2,1H3. The number of anilines is 1. The number of aromatic nitrogens is 1. The zero-order valence-corrected chi connectivity index (χ0v) is 10.8. The van der Waals surface area contributed by atoms with Crippen molar-refractivity contribution in [3.8, 4) is 5.75 Å². The summed E-state index contributed by atoms with van der Waals surface area (Å²) in [6, 6.07) is 16.0. The van der Waals surface area contributed by atoms with Crippen molar-refractivity contribution in [3.05, 3.63) is 59.8 Å². The number of aromatic amines is 1. The molecule has 3 rings (SSSR count). The maximum absolute atomic E-state index is 5.93. The molecule has 0 spiro atoms. The number of hydrogen-bond donors (Lipinski definition) is 2. The molecule has 0 aliphatic heterocycles. The van der Waals surface area contributed by atoms with Crippen LogP contribution in [0.1, 0.15) is 11.3 Å². The number of aryl methyl sites for hydroxylation is 1. The summed E-state index contributed by atoms with van der Waals surface area (Å²) in [6.45, 7) is 2.55. The van der Waals surface area contributed by atoms with Crippen LogP contribution in [0.4, 0.5) is 5.69 Å². The van der Waals surface area contributed by atoms with E-state index in [9.17, 15) is 0 Å². The van der Waals surface area contributed by atoms with Gasteiger partial charge in [-0.3, -0.25) is 0 Å². The fourth-order valence-electron chi connectivity index (χ4n) is 2.19. The van der Waals surface area contributed by atoms with Gasteiger partial charge >= 0.3 is 0 Å². The van der Waals surface area contributed by atoms with Crippen molar-refractivity contribution in [3.63, 3.8) is 0 Å². The summed E-state index contributed by atoms with van der Waals surface area (Å²) in [6.07, 6.45) is 0. The highest BCUT2D eigenvalue weighted by Crippen LogP contribution is 2.23. The van der Waals surface area contributed by atoms with Crippen LogP contribution in [0.15, 0.2) is 48.5 Å². The van der Waals surface area contributed by atoms with Crippen LogP contribution in [0.5, 0.6) is 5.75 Å². The predicted molar refractivity (Wildman–Crippen MR) is 78.2 cm³/mol. The predicted octanol–water partition coefficient (Wildman–Crippen LogP) is 3.64. The largest absolute Gasteiger partial charge is 0.487 e. The summed E-state index contributed by atoms with van der Waals surface area (Å²) in [5.74, 6) is 0.911. The minimum Gasteiger partial charge on any atom is -0.487 e. The zero-order valence-electron chi connectivity index (χ0n) is 10.8. The number of rotatable bonds is 3. The van der Waals surface area contributed by atoms with Gasteiger partial charge in [-0.25, -0.2) is 0 Å². The molecule has 3 nitrogen and oxygen atoms in total. The number of hydrogen-bond acceptors (Lipinski definition) is 2. The van der Waals surface area contributed by atoms with Crippen molar-refractivity contribution in [1.29, 1.82) is 0 Å². The number of ether oxygens (including phenoxy) is 1. The van der Waals surface area contributed by atoms with E-state index >= 15 is 0 Å². The van der Waals surface area contributed by atoms with Crippen molar-refractivity contribution >= 4 is 16.6 Å². The van der Waals surface area contributed by atoms with Crippen molar-refractivity contribution in [1.82, 2.24) is 4.98 Å². The van der Waals surface area contributed by atoms with Crippen molar-refractivity contribution in [2.75, 3.05) is 5.73 Å². The average Bonchev–Trinajstić information content (AvgIpc) is 2.82. The number of fused-ring (bicyclic) bond motifs is 1. The SMILES string of the molecule is Cc1ccccc1OCc1cc2cccc(N)c2[nH]1. The molecule has 3 aromatic rings. The number of nitrogens with two attached hydrogens (primary N) is 1. The van der Waals surface area contributed by atoms with Crippen LogP contribution >= 0.6 is 0 Å². The number of H-pyrrole nitrogens is 1. The third-order valence-corrected chi connectivity index (χ3v) is 3.22. The van der Waals surface area contributed by atoms with Gasteiger partial charge in [0.05, 0.1) is 16.9 Å². The summed E-state index contributed by atoms with van der Waals surface area (Å²) >= 11 is 0. The lowest BCUT2D eigenvalue weighted by Gasteiger charge is -2.07. The Bertz CT molecular complexity index is 716. The molecule has 0 bridgehead atoms. The minimum atomic E-state index is 0.513. The first-order valence-corrected chi connectivity index (χ1v) is 6.28. The summed E-state index contributed by atoms with van der Waals surface area (Å²) in [5, 5.41) is 1.11. The molecule has 96 valence electrons. The molecule has 1 heterocycles. The van der Waals surface area contributed by atoms with Gasteiger partial charge in [0.15, 0.2) is 0 Å². The second-order valence-corrected chi connectivity index (χ2v) is 4.66. The van der Waals surface area contributed by atoms with E-state index < -0.39 is 0 Å². The third kappa shape index (κ3) is 2.27. The van der Waals surface area contributed by atoms with Gasteiger partial charge in [0.1, 0.15) is 12.4 Å². The van der Waals surface area contributed by atoms with Crippen molar-refractivity contribution in [2.24, 2.45) is 0 Å². The Kier molecular flexibility index (Phi) is 2.88. The molecule has 0 saturated heterocycles. The maximum atomic E-state index is 5.93. The van der Waals surface area contributed by atoms with Gasteiger partial charge in [-0.1, -0.05) is 30.3 Å². The lowest BCUT2D eigenvalue weighted by Crippen LogP contribution is -1.97. The third-order valence-electron chi connectivity index (χ3n) is 3.22. The Morgan fingerprint density at radius 2 is 1.95 bits per heavy atom. The molecule has 0 unspecified atom stereocenters. The van der Waals surface area contributed by atoms with E-state index in [2.05, 4.69) is 11.1 Å². The lowest BCUT2D eigenvalue weighted by molar-refractivity contribution is 0.300. The van der Waals surface area contributed by atoms with Gasteiger partial charge < -0.3 is 15.5 Å². The molecular formula is C16H16N2O. The van der Waals surface area contributed by atoms with Crippen LogP contribution in [0.25, 0.3) is 10.9 Å². The van der Waals surface area contributed by atoms with Gasteiger partial charge in [-0.05, 0) is 30.7 Å². The normalized spacial score (nSPS) is 10.8. The Hall–Kier alpha value is -2.42. The summed E-state index contributed by atoms with van der Waals surface area (Å²) in [4.78, 5) is 3.30. The van der Waals surface area contributed by atoms with Crippen molar-refractivity contribution < 1.29 is 4.74 Å². The molecule has 1 aromatic heterocycles. The second kappa shape index (κ2) is 4.69. The van der Waals surface area contributed by atoms with E-state index in [1.807, 2.05) is 49.4 Å². The number of nitrogens with one attached hydrogen (secondary N) is 1. The lowest BCUT2D eigenvalue weighted by atomic mass is 10.2. The van der Waals surface area contributed by atoms with Crippen LogP contribution in [0.3, 0.4) is 0 Å². The first-order chi connectivity index (χ1) is 9.24. The molecule has 0 saturated carbocycles. The highest BCUT2D eigenvalue weighted by molar-refractivity contribution is 5.90. The van der Waals surface area contributed by atoms with E-state index in [-0.39, 0.29) is 0 Å². The van der Waals surface area contributed by atoms with E-state index in [0.717, 1.165) is 33.6 Å². The Morgan fingerprint density at radius 3 is 2.74 bits per heavy atom. The topological polar surface area (TPSA) is 51.0 Å². The fourth-order valence-corrected chi connectivity index (χ4v) is 2.19. The van der Waals surface area contributed by atoms with E-state index in [1.165, 1.54) is 0 Å². The number of benzene rings is 2. The van der Waals surface area contributed by atoms with Gasteiger partial charge in [-0.2, -0.15) is 0 Å². The molecule has 2 aromatic carbocycles. The van der Waals surface area contributed by atoms with Gasteiger partial charge in [0.25, 0.3) is 0 Å². The van der Waals surface area contributed by atoms with Crippen LogP contribution in [0.2, 0.25) is 0 Å². The van der Waals surface area contributed by atoms with Crippen LogP contribution in [-0.2, 0) is 6.61 Å². The highest BCUT2D eigenvalue weighted by Gasteiger charge is 2.04. The molecule has 0 atom stereocenters. The molecular weight excluding hydrogens is 236 g/mol. The Balaban J connectivity index is 1.83. The van der Waals surface area contributed by atoms with Gasteiger partial charge in [0, 0.05) is 5.39 Å². The van der Waals surface area contributed by atoms with E-state index in [0.29, 0.717) is 6.61 Å². The first-order valence-electron chi connectivity index (χ1n) is 6.28. The van der Waals surface area contributed by atoms with Crippen LogP contribution < -0.4 is 10.5 Å². The summed E-state index contributed by atoms with van der Waals surface area (Å²) in [7, 11) is 0. The van der Waals surface area contributed by atoms with Gasteiger partial charge in [-0.15, -0.1) is 0 Å². The molecule has 0 fully saturated rings. The Labute approximate surface area is 112 Å². The molecule has 0 aliphatic rings. The number of para-hydroxylation sites is 2. The van der Waals surface area contributed by atoms with Crippen molar-refractivity contribution in [2.45, 2.75) is 13.5 Å². The number of nitrogen functional groups attached to an aromatic ring is 1. The summed E-state index contributed by atoms with van der Waals surface area (Å²) < 4.78 is 5.82. The fraction of sp³-hybridized carbons (Fsp3) is 0.125. The molecule has 0 amide bonds. The monoisotopic (exact) mass is 252 g/mol. The average molecular weight is 252 g/mol. The molecule has 3 heteroatoms. The first kappa shape index (κ1) is 11.7. The summed E-state index contributed by atoms with van der Waals surface area (Å²) in [5.41, 5.74) is 9.83. The maximum Gasteiger partial charge on any atom is 0.128 e. The minimum absolute atomic E-state index is 0.513. The quantitative estimate of drug-likeness (QED) is 0.699. The van der Waals surface area contributed by atoms with Crippen LogP contribution in [0, 0.1) is 6.92 Å². The smallest absolute Gasteiger partial charge is 0.128 e. The van der Waals surface area contributed by atoms with E-state index in [1.54, 1.807) is 0 Å². The second-order valence-electron chi connectivity index (χ2n) is 4.66.